The Balaban J connectivity index is -0.00000000180. The van der Waals surface area contributed by atoms with E-state index in [2.05, 4.69) is 13.8 Å². The van der Waals surface area contributed by atoms with Crippen molar-refractivity contribution in [1.82, 2.24) is 0 Å². The van der Waals surface area contributed by atoms with Crippen LogP contribution in [0.4, 0.5) is 0 Å². The summed E-state index contributed by atoms with van der Waals surface area (Å²) >= 11 is 0. The van der Waals surface area contributed by atoms with Crippen molar-refractivity contribution in [2.24, 2.45) is 0 Å². The first-order valence-corrected chi connectivity index (χ1v) is 3.91. The van der Waals surface area contributed by atoms with Gasteiger partial charge in [0, 0.05) is 0 Å². The fourth-order valence-electron chi connectivity index (χ4n) is 0.854. The summed E-state index contributed by atoms with van der Waals surface area (Å²) in [6, 6.07) is 0. The first-order chi connectivity index (χ1) is 3.91. The molecule has 25 heavy (non-hydrogen) atoms. The minimum Gasteiger partial charge on any atom is -0.0776 e. The van der Waals surface area contributed by atoms with Crippen molar-refractivity contribution in [2.45, 2.75) is 179 Å². The largest absolute Gasteiger partial charge is 0.0776 e. The number of unbranched alkanes of at least 4 members (excludes halogenated alkanes) is 5. The van der Waals surface area contributed by atoms with E-state index in [9.17, 15) is 0 Å². The summed E-state index contributed by atoms with van der Waals surface area (Å²) in [6.07, 6.45) is 8.49. The molecule has 0 fully saturated rings. The van der Waals surface area contributed by atoms with Crippen LogP contribution < -0.4 is 0 Å². The summed E-state index contributed by atoms with van der Waals surface area (Å²) in [5.74, 6) is 0. The van der Waals surface area contributed by atoms with Crippen molar-refractivity contribution in [3.63, 3.8) is 0 Å². The van der Waals surface area contributed by atoms with Gasteiger partial charge in [0.05, 0.1) is 0 Å². The highest BCUT2D eigenvalue weighted by Crippen LogP contribution is 2.03. The third kappa shape index (κ3) is 465. The van der Waals surface area contributed by atoms with E-state index in [0.29, 0.717) is 0 Å². The predicted octanol–water partition coefficient (Wildman–Crippen LogP) is 14.2. The Hall–Kier alpha value is 0. The third-order valence-electron chi connectivity index (χ3n) is 1.46. The molecule has 0 N–H and O–H groups in total. The lowest BCUT2D eigenvalue weighted by Gasteiger charge is -1.93. The smallest absolute Gasteiger partial charge is 0.0533 e. The lowest BCUT2D eigenvalue weighted by atomic mass is 10.1. The van der Waals surface area contributed by atoms with Gasteiger partial charge in [0.15, 0.2) is 0 Å². The van der Waals surface area contributed by atoms with E-state index in [4.69, 9.17) is 0 Å². The second-order valence-corrected chi connectivity index (χ2v) is 2.41. The Morgan fingerprint density at radius 3 is 0.440 bits per heavy atom. The first-order valence-electron chi connectivity index (χ1n) is 3.91. The van der Waals surface area contributed by atoms with Gasteiger partial charge in [0.2, 0.25) is 0 Å². The summed E-state index contributed by atoms with van der Waals surface area (Å²) in [4.78, 5) is 0. The summed E-state index contributed by atoms with van der Waals surface area (Å²) in [5, 5.41) is 0. The Morgan fingerprint density at radius 2 is 0.360 bits per heavy atom. The van der Waals surface area contributed by atoms with Gasteiger partial charge >= 0.3 is 0 Å². The van der Waals surface area contributed by atoms with Crippen LogP contribution in [0.5, 0.6) is 0 Å². The topological polar surface area (TPSA) is 0 Å². The van der Waals surface area contributed by atoms with E-state index in [1.807, 2.05) is 0 Å². The maximum atomic E-state index is 2.26. The summed E-state index contributed by atoms with van der Waals surface area (Å²) < 4.78 is 0. The monoisotopic (exact) mass is 387 g/mol. The van der Waals surface area contributed by atoms with Gasteiger partial charge in [-0.15, -0.1) is 0 Å². The first kappa shape index (κ1) is 294. The van der Waals surface area contributed by atoms with E-state index in [1.54, 1.807) is 0 Å². The molecule has 0 aromatic heterocycles. The second-order valence-electron chi connectivity index (χ2n) is 2.41. The van der Waals surface area contributed by atoms with E-state index in [-0.39, 0.29) is 126 Å². The molecule has 0 aliphatic heterocycles. The molecule has 0 amide bonds. The fourth-order valence-corrected chi connectivity index (χ4v) is 0.854. The minimum atomic E-state index is 0. The van der Waals surface area contributed by atoms with Crippen LogP contribution in [0.3, 0.4) is 0 Å². The molecule has 0 heteroatoms. The van der Waals surface area contributed by atoms with Crippen LogP contribution in [0.2, 0.25) is 0 Å². The van der Waals surface area contributed by atoms with Crippen LogP contribution in [-0.2, 0) is 0 Å². The van der Waals surface area contributed by atoms with Gasteiger partial charge in [-0.3, -0.25) is 0 Å². The van der Waals surface area contributed by atoms with E-state index >= 15 is 0 Å². The average molecular weight is 387 g/mol. The predicted molar refractivity (Wildman–Crippen MR) is 153 cm³/mol. The Bertz CT molecular complexity index is 25.0. The van der Waals surface area contributed by atoms with Crippen LogP contribution in [0.15, 0.2) is 0 Å². The molecule has 0 atom stereocenters. The molecule has 0 radical (unpaired) electrons. The van der Waals surface area contributed by atoms with Crippen LogP contribution in [0, 0.1) is 0 Å². The van der Waals surface area contributed by atoms with E-state index in [1.165, 1.54) is 38.5 Å². The molecule has 0 heterocycles. The van der Waals surface area contributed by atoms with Crippen molar-refractivity contribution in [1.29, 1.82) is 0 Å². The molecule has 0 bridgehead atoms. The zero-order valence-electron chi connectivity index (χ0n) is 6.24. The highest BCUT2D eigenvalue weighted by molar-refractivity contribution is 4.39. The Labute approximate surface area is 179 Å². The molecular weight excluding hydrogens is 300 g/mol. The molecule has 0 spiro atoms. The Morgan fingerprint density at radius 1 is 0.240 bits per heavy atom. The van der Waals surface area contributed by atoms with Crippen LogP contribution in [0.1, 0.15) is 179 Å². The molecule has 0 aromatic rings. The van der Waals surface area contributed by atoms with Gasteiger partial charge in [0.1, 0.15) is 0 Å². The molecule has 0 saturated carbocycles. The molecule has 0 rings (SSSR count). The highest BCUT2D eigenvalue weighted by Gasteiger charge is 1.83. The van der Waals surface area contributed by atoms with Crippen molar-refractivity contribution in [3.05, 3.63) is 0 Å². The molecule has 0 aliphatic carbocycles. The van der Waals surface area contributed by atoms with Crippen molar-refractivity contribution < 1.29 is 0 Å². The van der Waals surface area contributed by atoms with Crippen LogP contribution in [0.25, 0.3) is 0 Å². The van der Waals surface area contributed by atoms with Gasteiger partial charge in [0.25, 0.3) is 0 Å². The summed E-state index contributed by atoms with van der Waals surface area (Å²) in [6.45, 7) is 4.51. The molecular formula is C25H86. The standard InChI is InChI=1S/C8H18.17CH4/c1-3-5-7-8-6-4-2;;;;;;;;;;;;;;;;;/h3-8H2,1-2H3;17*1H4. The number of hydrogen-bond acceptors (Lipinski definition) is 0. The van der Waals surface area contributed by atoms with Crippen LogP contribution >= 0.6 is 0 Å². The molecule has 0 unspecified atom stereocenters. The second kappa shape index (κ2) is 353. The summed E-state index contributed by atoms with van der Waals surface area (Å²) in [5.41, 5.74) is 0. The third-order valence-corrected chi connectivity index (χ3v) is 1.46. The number of hydrogen-bond donors (Lipinski definition) is 0. The van der Waals surface area contributed by atoms with Crippen molar-refractivity contribution in [2.75, 3.05) is 0 Å². The van der Waals surface area contributed by atoms with E-state index < -0.39 is 0 Å². The maximum absolute atomic E-state index is 2.26. The number of rotatable bonds is 5. The molecule has 0 nitrogen and oxygen atoms in total. The zero-order valence-corrected chi connectivity index (χ0v) is 6.24. The van der Waals surface area contributed by atoms with Gasteiger partial charge in [-0.05, 0) is 0 Å². The maximum Gasteiger partial charge on any atom is -0.0533 e. The van der Waals surface area contributed by atoms with Crippen LogP contribution in [-0.4, -0.2) is 0 Å². The summed E-state index contributed by atoms with van der Waals surface area (Å²) in [7, 11) is 0. The highest BCUT2D eigenvalue weighted by atomic mass is 13.9. The minimum absolute atomic E-state index is 0. The van der Waals surface area contributed by atoms with Gasteiger partial charge < -0.3 is 0 Å². The normalized spacial score (nSPS) is 3.12. The van der Waals surface area contributed by atoms with Gasteiger partial charge in [-0.2, -0.15) is 0 Å². The fraction of sp³-hybridized carbons (Fsp3) is 1.00. The lowest BCUT2D eigenvalue weighted by molar-refractivity contribution is 0.624. The molecule has 0 aromatic carbocycles. The van der Waals surface area contributed by atoms with Gasteiger partial charge in [-0.1, -0.05) is 179 Å². The molecule has 0 saturated heterocycles. The SMILES string of the molecule is C.C.C.C.C.C.C.C.C.C.C.C.C.C.C.C.C.CCCCCCCC. The van der Waals surface area contributed by atoms with Crippen molar-refractivity contribution >= 4 is 0 Å². The molecule has 0 aliphatic rings. The average Bonchev–Trinajstić information content (AvgIpc) is 1.81. The lowest BCUT2D eigenvalue weighted by Crippen LogP contribution is -1.73. The van der Waals surface area contributed by atoms with Crippen molar-refractivity contribution in [3.8, 4) is 0 Å². The van der Waals surface area contributed by atoms with E-state index in [0.717, 1.165) is 0 Å². The zero-order chi connectivity index (χ0) is 6.24. The molecule has 186 valence electrons. The quantitative estimate of drug-likeness (QED) is 0.412. The van der Waals surface area contributed by atoms with Gasteiger partial charge in [-0.25, -0.2) is 0 Å². The Kier molecular flexibility index (Phi) is 4150.